The van der Waals surface area contributed by atoms with Crippen molar-refractivity contribution in [3.63, 3.8) is 0 Å². The van der Waals surface area contributed by atoms with Gasteiger partial charge < -0.3 is 14.9 Å². The van der Waals surface area contributed by atoms with E-state index in [1.807, 2.05) is 20.0 Å². The van der Waals surface area contributed by atoms with Gasteiger partial charge in [0.15, 0.2) is 0 Å². The molecule has 114 valence electrons. The molecule has 0 aliphatic carbocycles. The Kier molecular flexibility index (Phi) is 5.40. The number of rotatable bonds is 3. The summed E-state index contributed by atoms with van der Waals surface area (Å²) >= 11 is 1.41. The number of hydrogen-bond acceptors (Lipinski definition) is 4. The monoisotopic (exact) mass is 306 g/mol. The van der Waals surface area contributed by atoms with Crippen molar-refractivity contribution in [2.75, 3.05) is 33.8 Å². The van der Waals surface area contributed by atoms with Crippen LogP contribution in [0.5, 0.6) is 0 Å². The Balaban J connectivity index is 2.05. The fraction of sp³-hybridized carbons (Fsp3) is 0.562. The van der Waals surface area contributed by atoms with Crippen LogP contribution in [-0.4, -0.2) is 60.6 Å². The number of aryl methyl sites for hydroxylation is 1. The van der Waals surface area contributed by atoms with Crippen molar-refractivity contribution in [3.8, 4) is 11.8 Å². The summed E-state index contributed by atoms with van der Waals surface area (Å²) in [6.07, 6.45) is 2.37. The molecular weight excluding hydrogens is 284 g/mol. The Morgan fingerprint density at radius 2 is 2.38 bits per heavy atom. The average molecular weight is 306 g/mol. The van der Waals surface area contributed by atoms with Gasteiger partial charge >= 0.3 is 0 Å². The molecule has 2 rings (SSSR count). The minimum atomic E-state index is -0.158. The highest BCUT2D eigenvalue weighted by molar-refractivity contribution is 7.14. The molecule has 0 saturated carbocycles. The number of carbonyl (C=O) groups excluding carboxylic acids is 1. The summed E-state index contributed by atoms with van der Waals surface area (Å²) in [7, 11) is 3.98. The van der Waals surface area contributed by atoms with Crippen molar-refractivity contribution in [1.29, 1.82) is 0 Å². The molecule has 0 radical (unpaired) electrons. The van der Waals surface area contributed by atoms with Crippen molar-refractivity contribution >= 4 is 17.2 Å². The van der Waals surface area contributed by atoms with Gasteiger partial charge in [-0.3, -0.25) is 4.79 Å². The van der Waals surface area contributed by atoms with E-state index in [1.165, 1.54) is 17.8 Å². The second-order valence-corrected chi connectivity index (χ2v) is 6.60. The Hall–Kier alpha value is -1.35. The predicted molar refractivity (Wildman–Crippen MR) is 85.6 cm³/mol. The molecule has 0 aromatic carbocycles. The second-order valence-electron chi connectivity index (χ2n) is 5.55. The van der Waals surface area contributed by atoms with Gasteiger partial charge in [0, 0.05) is 19.6 Å². The summed E-state index contributed by atoms with van der Waals surface area (Å²) in [5.41, 5.74) is 0.996. The fourth-order valence-corrected chi connectivity index (χ4v) is 3.67. The van der Waals surface area contributed by atoms with E-state index < -0.39 is 0 Å². The molecule has 21 heavy (non-hydrogen) atoms. The minimum Gasteiger partial charge on any atom is -0.384 e. The van der Waals surface area contributed by atoms with Crippen molar-refractivity contribution in [2.24, 2.45) is 0 Å². The van der Waals surface area contributed by atoms with E-state index in [-0.39, 0.29) is 12.5 Å². The van der Waals surface area contributed by atoms with Crippen molar-refractivity contribution in [2.45, 2.75) is 25.8 Å². The molecule has 1 unspecified atom stereocenters. The molecule has 4 nitrogen and oxygen atoms in total. The van der Waals surface area contributed by atoms with Crippen molar-refractivity contribution in [3.05, 3.63) is 21.4 Å². The molecule has 0 spiro atoms. The van der Waals surface area contributed by atoms with Crippen LogP contribution in [0.4, 0.5) is 0 Å². The van der Waals surface area contributed by atoms with Crippen molar-refractivity contribution < 1.29 is 9.90 Å². The molecular formula is C16H22N2O2S. The van der Waals surface area contributed by atoms with E-state index in [1.54, 1.807) is 4.90 Å². The van der Waals surface area contributed by atoms with E-state index in [2.05, 4.69) is 23.8 Å². The zero-order valence-corrected chi connectivity index (χ0v) is 13.7. The van der Waals surface area contributed by atoms with Gasteiger partial charge in [-0.1, -0.05) is 11.8 Å². The first-order valence-corrected chi connectivity index (χ1v) is 8.00. The van der Waals surface area contributed by atoms with Gasteiger partial charge in [0.2, 0.25) is 0 Å². The quantitative estimate of drug-likeness (QED) is 0.862. The first kappa shape index (κ1) is 16.0. The van der Waals surface area contributed by atoms with Gasteiger partial charge in [-0.15, -0.1) is 11.3 Å². The van der Waals surface area contributed by atoms with Crippen molar-refractivity contribution in [1.82, 2.24) is 9.80 Å². The SMILES string of the molecule is Cc1cc(C(=O)N(C)CC2CCCN2C)sc1C#CCO. The lowest BCUT2D eigenvalue weighted by Crippen LogP contribution is -2.39. The third-order valence-corrected chi connectivity index (χ3v) is 5.05. The van der Waals surface area contributed by atoms with E-state index in [4.69, 9.17) is 5.11 Å². The molecule has 1 aromatic heterocycles. The number of aliphatic hydroxyl groups is 1. The van der Waals surface area contributed by atoms with Crippen LogP contribution >= 0.6 is 11.3 Å². The van der Waals surface area contributed by atoms with Crippen LogP contribution in [0.15, 0.2) is 6.07 Å². The summed E-state index contributed by atoms with van der Waals surface area (Å²) in [5.74, 6) is 5.59. The standard InChI is InChI=1S/C16H22N2O2S/c1-12-10-15(21-14(12)7-5-9-19)16(20)18(3)11-13-6-4-8-17(13)2/h10,13,19H,4,6,8-9,11H2,1-3H3. The minimum absolute atomic E-state index is 0.0560. The summed E-state index contributed by atoms with van der Waals surface area (Å²) in [6.45, 7) is 3.67. The van der Waals surface area contributed by atoms with Gasteiger partial charge in [-0.25, -0.2) is 0 Å². The van der Waals surface area contributed by atoms with Crippen LogP contribution in [0, 0.1) is 18.8 Å². The van der Waals surface area contributed by atoms with Gasteiger partial charge in [0.1, 0.15) is 6.61 Å². The summed E-state index contributed by atoms with van der Waals surface area (Å²) in [5, 5.41) is 8.76. The Labute approximate surface area is 130 Å². The van der Waals surface area contributed by atoms with E-state index in [0.29, 0.717) is 6.04 Å². The smallest absolute Gasteiger partial charge is 0.263 e. The number of hydrogen-bond donors (Lipinski definition) is 1. The number of likely N-dealkylation sites (N-methyl/N-ethyl adjacent to an activating group) is 2. The molecule has 2 heterocycles. The second kappa shape index (κ2) is 7.08. The van der Waals surface area contributed by atoms with Crippen LogP contribution in [0.3, 0.4) is 0 Å². The maximum atomic E-state index is 12.5. The molecule has 1 saturated heterocycles. The largest absolute Gasteiger partial charge is 0.384 e. The maximum absolute atomic E-state index is 12.5. The highest BCUT2D eigenvalue weighted by atomic mass is 32.1. The number of amides is 1. The molecule has 0 bridgehead atoms. The zero-order valence-electron chi connectivity index (χ0n) is 12.8. The van der Waals surface area contributed by atoms with Crippen LogP contribution in [0.2, 0.25) is 0 Å². The third-order valence-electron chi connectivity index (χ3n) is 3.91. The highest BCUT2D eigenvalue weighted by Crippen LogP contribution is 2.23. The van der Waals surface area contributed by atoms with Gasteiger partial charge in [-0.2, -0.15) is 0 Å². The molecule has 1 amide bonds. The van der Waals surface area contributed by atoms with Crippen LogP contribution in [0.1, 0.15) is 33.0 Å². The lowest BCUT2D eigenvalue weighted by atomic mass is 10.2. The first-order chi connectivity index (χ1) is 10.0. The molecule has 1 aliphatic heterocycles. The molecule has 5 heteroatoms. The molecule has 1 aromatic rings. The summed E-state index contributed by atoms with van der Waals surface area (Å²) in [4.78, 5) is 18.2. The van der Waals surface area contributed by atoms with Crippen LogP contribution < -0.4 is 0 Å². The summed E-state index contributed by atoms with van der Waals surface area (Å²) < 4.78 is 0. The third kappa shape index (κ3) is 3.85. The van der Waals surface area contributed by atoms with Crippen LogP contribution in [0.25, 0.3) is 0 Å². The van der Waals surface area contributed by atoms with E-state index in [9.17, 15) is 4.79 Å². The molecule has 1 aliphatic rings. The number of likely N-dealkylation sites (tertiary alicyclic amines) is 1. The van der Waals surface area contributed by atoms with Gasteiger partial charge in [0.25, 0.3) is 5.91 Å². The van der Waals surface area contributed by atoms with Gasteiger partial charge in [-0.05, 0) is 45.0 Å². The first-order valence-electron chi connectivity index (χ1n) is 7.18. The predicted octanol–water partition coefficient (Wildman–Crippen LogP) is 1.57. The maximum Gasteiger partial charge on any atom is 0.263 e. The highest BCUT2D eigenvalue weighted by Gasteiger charge is 2.25. The Bertz CT molecular complexity index is 571. The van der Waals surface area contributed by atoms with Gasteiger partial charge in [0.05, 0.1) is 9.75 Å². The average Bonchev–Trinajstić information content (AvgIpc) is 3.02. The number of nitrogens with zero attached hydrogens (tertiary/aromatic N) is 2. The normalized spacial score (nSPS) is 18.4. The van der Waals surface area contributed by atoms with Crippen LogP contribution in [-0.2, 0) is 0 Å². The zero-order chi connectivity index (χ0) is 15.4. The molecule has 1 atom stereocenters. The summed E-state index contributed by atoms with van der Waals surface area (Å²) in [6, 6.07) is 2.36. The Morgan fingerprint density at radius 3 is 3.00 bits per heavy atom. The lowest BCUT2D eigenvalue weighted by molar-refractivity contribution is 0.0766. The van der Waals surface area contributed by atoms with E-state index >= 15 is 0 Å². The topological polar surface area (TPSA) is 43.8 Å². The van der Waals surface area contributed by atoms with E-state index in [0.717, 1.165) is 34.8 Å². The number of thiophene rings is 1. The number of carbonyl (C=O) groups is 1. The fourth-order valence-electron chi connectivity index (χ4n) is 2.63. The Morgan fingerprint density at radius 1 is 1.62 bits per heavy atom. The number of aliphatic hydroxyl groups excluding tert-OH is 1. The molecule has 1 N–H and O–H groups in total. The molecule has 1 fully saturated rings. The lowest BCUT2D eigenvalue weighted by Gasteiger charge is -2.25.